The van der Waals surface area contributed by atoms with Crippen LogP contribution in [0.3, 0.4) is 0 Å². The molecule has 0 spiro atoms. The minimum absolute atomic E-state index is 0.782. The molecule has 0 aliphatic carbocycles. The number of fused-ring (bicyclic) bond motifs is 1. The van der Waals surface area contributed by atoms with Crippen molar-refractivity contribution in [2.24, 2.45) is 0 Å². The van der Waals surface area contributed by atoms with Crippen molar-refractivity contribution < 1.29 is 4.57 Å². The minimum atomic E-state index is 0.782. The van der Waals surface area contributed by atoms with Gasteiger partial charge in [-0.15, -0.1) is 0 Å². The van der Waals surface area contributed by atoms with Crippen LogP contribution in [0.15, 0.2) is 49.6 Å². The van der Waals surface area contributed by atoms with E-state index in [0.29, 0.717) is 0 Å². The number of rotatable bonds is 4. The summed E-state index contributed by atoms with van der Waals surface area (Å²) in [6.07, 6.45) is 7.03. The van der Waals surface area contributed by atoms with Gasteiger partial charge in [0.25, 0.3) is 0 Å². The fourth-order valence-electron chi connectivity index (χ4n) is 1.71. The highest BCUT2D eigenvalue weighted by Crippen LogP contribution is 2.09. The van der Waals surface area contributed by atoms with Gasteiger partial charge in [-0.3, -0.25) is 0 Å². The molecule has 0 saturated heterocycles. The number of allylic oxidation sites excluding steroid dienone is 2. The van der Waals surface area contributed by atoms with Crippen LogP contribution in [0.25, 0.3) is 11.0 Å². The summed E-state index contributed by atoms with van der Waals surface area (Å²) in [6.45, 7) is 9.06. The zero-order chi connectivity index (χ0) is 10.7. The molecule has 1 radical (unpaired) electrons. The lowest BCUT2D eigenvalue weighted by Gasteiger charge is -1.89. The summed E-state index contributed by atoms with van der Waals surface area (Å²) in [5, 5.41) is 0. The minimum Gasteiger partial charge on any atom is -0.213 e. The normalized spacial score (nSPS) is 10.4. The van der Waals surface area contributed by atoms with Gasteiger partial charge >= 0.3 is 6.33 Å². The number of nitrogens with zero attached hydrogens (tertiary/aromatic N) is 2. The Hall–Kier alpha value is -1.83. The lowest BCUT2D eigenvalue weighted by molar-refractivity contribution is -0.666. The first-order valence-electron chi connectivity index (χ1n) is 4.99. The summed E-state index contributed by atoms with van der Waals surface area (Å²) in [6, 6.07) is 8.26. The maximum atomic E-state index is 3.75. The summed E-state index contributed by atoms with van der Waals surface area (Å²) in [5.41, 5.74) is 2.36. The van der Waals surface area contributed by atoms with Gasteiger partial charge in [0.2, 0.25) is 0 Å². The Bertz CT molecular complexity index is 450. The smallest absolute Gasteiger partial charge is 0.213 e. The van der Waals surface area contributed by atoms with Gasteiger partial charge in [0.15, 0.2) is 11.0 Å². The Morgan fingerprint density at radius 3 is 2.80 bits per heavy atom. The van der Waals surface area contributed by atoms with Gasteiger partial charge in [0.05, 0.1) is 0 Å². The molecule has 0 unspecified atom stereocenters. The van der Waals surface area contributed by atoms with Crippen molar-refractivity contribution in [3.05, 3.63) is 55.9 Å². The van der Waals surface area contributed by atoms with Gasteiger partial charge in [-0.05, 0) is 12.1 Å². The van der Waals surface area contributed by atoms with E-state index in [9.17, 15) is 0 Å². The molecule has 2 nitrogen and oxygen atoms in total. The van der Waals surface area contributed by atoms with E-state index in [1.807, 2.05) is 24.3 Å². The number of imidazole rings is 1. The fourth-order valence-corrected chi connectivity index (χ4v) is 1.71. The van der Waals surface area contributed by atoms with Crippen LogP contribution in [-0.4, -0.2) is 4.57 Å². The lowest BCUT2D eigenvalue weighted by atomic mass is 10.3. The molecule has 0 N–H and O–H groups in total. The molecular formula is C13H14N2+. The van der Waals surface area contributed by atoms with E-state index in [4.69, 9.17) is 0 Å². The second-order valence-corrected chi connectivity index (χ2v) is 3.39. The quantitative estimate of drug-likeness (QED) is 0.525. The highest BCUT2D eigenvalue weighted by Gasteiger charge is 2.13. The van der Waals surface area contributed by atoms with E-state index < -0.39 is 0 Å². The van der Waals surface area contributed by atoms with Crippen molar-refractivity contribution in [3.8, 4) is 0 Å². The second kappa shape index (κ2) is 4.13. The highest BCUT2D eigenvalue weighted by molar-refractivity contribution is 5.71. The predicted octanol–water partition coefficient (Wildman–Crippen LogP) is 2.10. The van der Waals surface area contributed by atoms with Crippen LogP contribution in [0.4, 0.5) is 0 Å². The number of para-hydroxylation sites is 2. The Kier molecular flexibility index (Phi) is 2.68. The van der Waals surface area contributed by atoms with Crippen LogP contribution in [0, 0.1) is 6.33 Å². The number of aromatic nitrogens is 2. The first kappa shape index (κ1) is 9.71. The van der Waals surface area contributed by atoms with Gasteiger partial charge in [0, 0.05) is 0 Å². The van der Waals surface area contributed by atoms with Crippen LogP contribution < -0.4 is 4.57 Å². The monoisotopic (exact) mass is 198 g/mol. The van der Waals surface area contributed by atoms with E-state index in [-0.39, 0.29) is 0 Å². The van der Waals surface area contributed by atoms with E-state index in [0.717, 1.165) is 13.1 Å². The molecule has 0 fully saturated rings. The summed E-state index contributed by atoms with van der Waals surface area (Å²) in [4.78, 5) is 0. The van der Waals surface area contributed by atoms with Crippen molar-refractivity contribution in [1.82, 2.24) is 4.57 Å². The maximum absolute atomic E-state index is 3.75. The van der Waals surface area contributed by atoms with Crippen LogP contribution in [0.2, 0.25) is 0 Å². The van der Waals surface area contributed by atoms with E-state index in [2.05, 4.69) is 40.8 Å². The first-order valence-corrected chi connectivity index (χ1v) is 4.99. The Labute approximate surface area is 89.8 Å². The van der Waals surface area contributed by atoms with Crippen molar-refractivity contribution in [2.75, 3.05) is 0 Å². The van der Waals surface area contributed by atoms with Gasteiger partial charge in [-0.2, -0.15) is 0 Å². The zero-order valence-corrected chi connectivity index (χ0v) is 8.69. The SMILES string of the molecule is C=CCn1[c][n+](CC=C)c2ccccc21. The van der Waals surface area contributed by atoms with E-state index >= 15 is 0 Å². The summed E-state index contributed by atoms with van der Waals surface area (Å²) >= 11 is 0. The zero-order valence-electron chi connectivity index (χ0n) is 8.69. The Balaban J connectivity index is 2.61. The highest BCUT2D eigenvalue weighted by atomic mass is 15.1. The summed E-state index contributed by atoms with van der Waals surface area (Å²) in [7, 11) is 0. The van der Waals surface area contributed by atoms with Crippen molar-refractivity contribution in [2.45, 2.75) is 13.1 Å². The predicted molar refractivity (Wildman–Crippen MR) is 61.4 cm³/mol. The van der Waals surface area contributed by atoms with Crippen molar-refractivity contribution >= 4 is 11.0 Å². The third-order valence-electron chi connectivity index (χ3n) is 2.33. The average Bonchev–Trinajstić information content (AvgIpc) is 2.59. The Morgan fingerprint density at radius 1 is 1.27 bits per heavy atom. The van der Waals surface area contributed by atoms with Gasteiger partial charge < -0.3 is 0 Å². The number of benzene rings is 1. The van der Waals surface area contributed by atoms with Crippen LogP contribution >= 0.6 is 0 Å². The third kappa shape index (κ3) is 1.71. The number of hydrogen-bond donors (Lipinski definition) is 0. The molecule has 0 aliphatic heterocycles. The topological polar surface area (TPSA) is 8.81 Å². The molecule has 1 heterocycles. The third-order valence-corrected chi connectivity index (χ3v) is 2.33. The molecule has 2 heteroatoms. The molecule has 1 aromatic carbocycles. The first-order chi connectivity index (χ1) is 7.36. The molecule has 1 aromatic heterocycles. The molecule has 2 rings (SSSR count). The molecule has 0 amide bonds. The number of hydrogen-bond acceptors (Lipinski definition) is 0. The van der Waals surface area contributed by atoms with Crippen LogP contribution in [-0.2, 0) is 13.1 Å². The second-order valence-electron chi connectivity index (χ2n) is 3.39. The molecule has 0 aliphatic rings. The average molecular weight is 198 g/mol. The summed E-state index contributed by atoms with van der Waals surface area (Å²) in [5.74, 6) is 0. The summed E-state index contributed by atoms with van der Waals surface area (Å²) < 4.78 is 4.12. The molecular weight excluding hydrogens is 184 g/mol. The van der Waals surface area contributed by atoms with Gasteiger partial charge in [-0.25, -0.2) is 9.13 Å². The van der Waals surface area contributed by atoms with Gasteiger partial charge in [0.1, 0.15) is 13.1 Å². The van der Waals surface area contributed by atoms with E-state index in [1.165, 1.54) is 11.0 Å². The maximum Gasteiger partial charge on any atom is 0.374 e. The van der Waals surface area contributed by atoms with Crippen LogP contribution in [0.1, 0.15) is 0 Å². The molecule has 75 valence electrons. The van der Waals surface area contributed by atoms with Crippen LogP contribution in [0.5, 0.6) is 0 Å². The molecule has 0 saturated carbocycles. The molecule has 0 atom stereocenters. The van der Waals surface area contributed by atoms with Gasteiger partial charge in [-0.1, -0.05) is 37.4 Å². The fraction of sp³-hybridized carbons (Fsp3) is 0.154. The van der Waals surface area contributed by atoms with Crippen molar-refractivity contribution in [1.29, 1.82) is 0 Å². The Morgan fingerprint density at radius 2 is 2.07 bits per heavy atom. The van der Waals surface area contributed by atoms with Crippen molar-refractivity contribution in [3.63, 3.8) is 0 Å². The standard InChI is InChI=1S/C13H14N2/c1-3-9-14-11-15(10-4-2)13-8-6-5-7-12(13)14/h3-8H,1-2,9-10H2/q+1. The molecule has 2 aromatic rings. The largest absolute Gasteiger partial charge is 0.374 e. The lowest BCUT2D eigenvalue weighted by Crippen LogP contribution is -2.31. The molecule has 15 heavy (non-hydrogen) atoms. The molecule has 0 bridgehead atoms. The van der Waals surface area contributed by atoms with E-state index in [1.54, 1.807) is 0 Å².